The molecular weight excluding hydrogens is 264 g/mol. The van der Waals surface area contributed by atoms with Gasteiger partial charge >= 0.3 is 0 Å². The molecule has 4 heteroatoms. The van der Waals surface area contributed by atoms with Crippen LogP contribution in [0.4, 0.5) is 5.69 Å². The Hall–Kier alpha value is -1.71. The first kappa shape index (κ1) is 14.2. The number of hydrogen-bond acceptors (Lipinski definition) is 3. The van der Waals surface area contributed by atoms with Gasteiger partial charge in [-0.1, -0.05) is 12.8 Å². The lowest BCUT2D eigenvalue weighted by atomic mass is 9.77. The highest BCUT2D eigenvalue weighted by molar-refractivity contribution is 5.99. The summed E-state index contributed by atoms with van der Waals surface area (Å²) in [4.78, 5) is 14.6. The highest BCUT2D eigenvalue weighted by Gasteiger charge is 2.38. The van der Waals surface area contributed by atoms with E-state index in [4.69, 9.17) is 10.5 Å². The number of carbonyl (C=O) groups is 1. The number of likely N-dealkylation sites (tertiary alicyclic amines) is 1. The molecule has 114 valence electrons. The zero-order chi connectivity index (χ0) is 14.9. The number of methoxy groups -OCH3 is 1. The molecule has 1 spiro atoms. The molecule has 1 aromatic rings. The number of nitrogens with zero attached hydrogens (tertiary/aromatic N) is 1. The summed E-state index contributed by atoms with van der Waals surface area (Å²) in [7, 11) is 1.60. The second kappa shape index (κ2) is 5.58. The molecule has 2 aliphatic rings. The molecule has 1 aliphatic carbocycles. The lowest BCUT2D eigenvalue weighted by molar-refractivity contribution is 0.0588. The highest BCUT2D eigenvalue weighted by Crippen LogP contribution is 2.46. The number of rotatable bonds is 2. The molecule has 21 heavy (non-hydrogen) atoms. The highest BCUT2D eigenvalue weighted by atomic mass is 16.5. The number of hydrogen-bond donors (Lipinski definition) is 1. The molecule has 0 aromatic heterocycles. The van der Waals surface area contributed by atoms with Crippen molar-refractivity contribution in [1.29, 1.82) is 0 Å². The van der Waals surface area contributed by atoms with Gasteiger partial charge in [-0.25, -0.2) is 0 Å². The predicted octanol–water partition coefficient (Wildman–Crippen LogP) is 3.07. The molecule has 1 amide bonds. The van der Waals surface area contributed by atoms with Crippen molar-refractivity contribution in [3.05, 3.63) is 23.8 Å². The van der Waals surface area contributed by atoms with Crippen molar-refractivity contribution in [3.63, 3.8) is 0 Å². The van der Waals surface area contributed by atoms with E-state index >= 15 is 0 Å². The Bertz CT molecular complexity index is 526. The number of carbonyl (C=O) groups excluding carboxylic acids is 1. The Labute approximate surface area is 126 Å². The largest absolute Gasteiger partial charge is 0.497 e. The Morgan fingerprint density at radius 2 is 1.86 bits per heavy atom. The standard InChI is InChI=1S/C17H24N2O2/c1-21-13-4-5-14(15(18)12-13)16(20)19-10-8-17(9-11-19)6-2-3-7-17/h4-5,12H,2-3,6-11,18H2,1H3. The topological polar surface area (TPSA) is 55.6 Å². The summed E-state index contributed by atoms with van der Waals surface area (Å²) >= 11 is 0. The van der Waals surface area contributed by atoms with Gasteiger partial charge in [0.15, 0.2) is 0 Å². The molecule has 0 radical (unpaired) electrons. The summed E-state index contributed by atoms with van der Waals surface area (Å²) in [6.07, 6.45) is 7.71. The molecule has 1 saturated carbocycles. The molecule has 1 heterocycles. The Morgan fingerprint density at radius 1 is 1.19 bits per heavy atom. The summed E-state index contributed by atoms with van der Waals surface area (Å²) in [5, 5.41) is 0. The van der Waals surface area contributed by atoms with Crippen molar-refractivity contribution in [1.82, 2.24) is 4.90 Å². The van der Waals surface area contributed by atoms with Crippen molar-refractivity contribution >= 4 is 11.6 Å². The number of amides is 1. The Kier molecular flexibility index (Phi) is 3.79. The van der Waals surface area contributed by atoms with Gasteiger partial charge in [-0.05, 0) is 43.2 Å². The van der Waals surface area contributed by atoms with E-state index in [1.807, 2.05) is 4.90 Å². The number of anilines is 1. The second-order valence-corrected chi connectivity index (χ2v) is 6.45. The van der Waals surface area contributed by atoms with Crippen molar-refractivity contribution in [2.75, 3.05) is 25.9 Å². The SMILES string of the molecule is COc1ccc(C(=O)N2CCC3(CCCC3)CC2)c(N)c1. The third kappa shape index (κ3) is 2.71. The number of nitrogen functional groups attached to an aromatic ring is 1. The lowest BCUT2D eigenvalue weighted by Gasteiger charge is -2.39. The average molecular weight is 288 g/mol. The maximum absolute atomic E-state index is 12.6. The minimum absolute atomic E-state index is 0.0583. The van der Waals surface area contributed by atoms with E-state index in [0.29, 0.717) is 22.4 Å². The van der Waals surface area contributed by atoms with Crippen molar-refractivity contribution in [3.8, 4) is 5.75 Å². The van der Waals surface area contributed by atoms with Gasteiger partial charge < -0.3 is 15.4 Å². The Balaban J connectivity index is 1.69. The van der Waals surface area contributed by atoms with E-state index in [-0.39, 0.29) is 5.91 Å². The van der Waals surface area contributed by atoms with Crippen LogP contribution in [0.1, 0.15) is 48.9 Å². The molecular formula is C17H24N2O2. The van der Waals surface area contributed by atoms with Crippen LogP contribution in [0.25, 0.3) is 0 Å². The second-order valence-electron chi connectivity index (χ2n) is 6.45. The number of nitrogens with two attached hydrogens (primary N) is 1. The van der Waals surface area contributed by atoms with Crippen LogP contribution in [0.2, 0.25) is 0 Å². The van der Waals surface area contributed by atoms with Crippen LogP contribution in [-0.2, 0) is 0 Å². The first-order valence-electron chi connectivity index (χ1n) is 7.86. The van der Waals surface area contributed by atoms with Crippen LogP contribution in [0.15, 0.2) is 18.2 Å². The fraction of sp³-hybridized carbons (Fsp3) is 0.588. The predicted molar refractivity (Wildman–Crippen MR) is 83.4 cm³/mol. The van der Waals surface area contributed by atoms with Crippen LogP contribution < -0.4 is 10.5 Å². The Morgan fingerprint density at radius 3 is 2.43 bits per heavy atom. The third-order valence-corrected chi connectivity index (χ3v) is 5.26. The van der Waals surface area contributed by atoms with Gasteiger partial charge in [0.25, 0.3) is 5.91 Å². The minimum atomic E-state index is 0.0583. The maximum atomic E-state index is 12.6. The van der Waals surface area contributed by atoms with Crippen LogP contribution in [0, 0.1) is 5.41 Å². The first-order chi connectivity index (χ1) is 10.1. The molecule has 2 fully saturated rings. The van der Waals surface area contributed by atoms with Gasteiger partial charge in [0.05, 0.1) is 12.7 Å². The van der Waals surface area contributed by atoms with Gasteiger partial charge in [-0.15, -0.1) is 0 Å². The van der Waals surface area contributed by atoms with E-state index in [9.17, 15) is 4.79 Å². The lowest BCUT2D eigenvalue weighted by Crippen LogP contribution is -2.42. The molecule has 2 N–H and O–H groups in total. The molecule has 0 atom stereocenters. The number of benzene rings is 1. The number of piperidine rings is 1. The summed E-state index contributed by atoms with van der Waals surface area (Å²) in [6, 6.07) is 5.29. The quantitative estimate of drug-likeness (QED) is 0.851. The zero-order valence-corrected chi connectivity index (χ0v) is 12.7. The van der Waals surface area contributed by atoms with Gasteiger partial charge in [0.2, 0.25) is 0 Å². The van der Waals surface area contributed by atoms with Crippen LogP contribution in [-0.4, -0.2) is 31.0 Å². The van der Waals surface area contributed by atoms with E-state index < -0.39 is 0 Å². The van der Waals surface area contributed by atoms with E-state index in [0.717, 1.165) is 25.9 Å². The number of ether oxygens (including phenoxy) is 1. The first-order valence-corrected chi connectivity index (χ1v) is 7.86. The van der Waals surface area contributed by atoms with E-state index in [2.05, 4.69) is 0 Å². The van der Waals surface area contributed by atoms with E-state index in [1.54, 1.807) is 25.3 Å². The zero-order valence-electron chi connectivity index (χ0n) is 12.7. The van der Waals surface area contributed by atoms with Crippen LogP contribution in [0.3, 0.4) is 0 Å². The van der Waals surface area contributed by atoms with Crippen LogP contribution >= 0.6 is 0 Å². The summed E-state index contributed by atoms with van der Waals surface area (Å²) in [6.45, 7) is 1.73. The van der Waals surface area contributed by atoms with Crippen molar-refractivity contribution in [2.24, 2.45) is 5.41 Å². The molecule has 3 rings (SSSR count). The van der Waals surface area contributed by atoms with Gasteiger partial charge in [0.1, 0.15) is 5.75 Å². The third-order valence-electron chi connectivity index (χ3n) is 5.26. The molecule has 1 aliphatic heterocycles. The molecule has 1 saturated heterocycles. The summed E-state index contributed by atoms with van der Waals surface area (Å²) < 4.78 is 5.13. The van der Waals surface area contributed by atoms with Crippen molar-refractivity contribution < 1.29 is 9.53 Å². The summed E-state index contributed by atoms with van der Waals surface area (Å²) in [5.74, 6) is 0.746. The van der Waals surface area contributed by atoms with Crippen molar-refractivity contribution in [2.45, 2.75) is 38.5 Å². The van der Waals surface area contributed by atoms with Gasteiger partial charge in [-0.2, -0.15) is 0 Å². The normalized spacial score (nSPS) is 20.7. The van der Waals surface area contributed by atoms with E-state index in [1.165, 1.54) is 25.7 Å². The van der Waals surface area contributed by atoms with Gasteiger partial charge in [0, 0.05) is 24.8 Å². The van der Waals surface area contributed by atoms with Gasteiger partial charge in [-0.3, -0.25) is 4.79 Å². The van der Waals surface area contributed by atoms with Crippen LogP contribution in [0.5, 0.6) is 5.75 Å². The maximum Gasteiger partial charge on any atom is 0.255 e. The fourth-order valence-corrected chi connectivity index (χ4v) is 3.84. The molecule has 0 unspecified atom stereocenters. The average Bonchev–Trinajstić information content (AvgIpc) is 2.95. The molecule has 4 nitrogen and oxygen atoms in total. The minimum Gasteiger partial charge on any atom is -0.497 e. The molecule has 0 bridgehead atoms. The molecule has 1 aromatic carbocycles. The monoisotopic (exact) mass is 288 g/mol. The fourth-order valence-electron chi connectivity index (χ4n) is 3.84. The summed E-state index contributed by atoms with van der Waals surface area (Å²) in [5.41, 5.74) is 7.62. The smallest absolute Gasteiger partial charge is 0.255 e.